The van der Waals surface area contributed by atoms with Crippen molar-refractivity contribution in [1.29, 1.82) is 0 Å². The molecule has 2 saturated heterocycles. The zero-order valence-electron chi connectivity index (χ0n) is 15.6. The molecule has 0 saturated carbocycles. The van der Waals surface area contributed by atoms with Crippen LogP contribution in [0.5, 0.6) is 0 Å². The van der Waals surface area contributed by atoms with Crippen LogP contribution in [0, 0.1) is 0 Å². The van der Waals surface area contributed by atoms with E-state index < -0.39 is 0 Å². The molecule has 2 aliphatic heterocycles. The standard InChI is InChI=1S/C19H20N6O2S2/c26-17(12-2-1-5-21-12)24-16-4-3-14(28-16)19(27)25-8-11(9-25)18-22-7-15(29-18)13-6-20-10-23-13/h3-4,6-7,10-12,21H,1-2,5,8-9H2,(H,20,23)(H,24,26)/t12-/m0/s1. The smallest absolute Gasteiger partial charge is 0.264 e. The Bertz CT molecular complexity index is 1020. The lowest BCUT2D eigenvalue weighted by Gasteiger charge is -2.37. The van der Waals surface area contributed by atoms with E-state index >= 15 is 0 Å². The van der Waals surface area contributed by atoms with Gasteiger partial charge in [-0.25, -0.2) is 9.97 Å². The lowest BCUT2D eigenvalue weighted by atomic mass is 10.0. The third-order valence-electron chi connectivity index (χ3n) is 5.25. The van der Waals surface area contributed by atoms with E-state index in [4.69, 9.17) is 0 Å². The van der Waals surface area contributed by atoms with E-state index in [-0.39, 0.29) is 23.8 Å². The van der Waals surface area contributed by atoms with Crippen molar-refractivity contribution in [1.82, 2.24) is 25.2 Å². The van der Waals surface area contributed by atoms with E-state index in [1.54, 1.807) is 36.0 Å². The maximum Gasteiger partial charge on any atom is 0.264 e. The van der Waals surface area contributed by atoms with Gasteiger partial charge in [-0.05, 0) is 31.5 Å². The normalized spacial score (nSPS) is 19.3. The number of thiazole rings is 1. The van der Waals surface area contributed by atoms with Crippen LogP contribution < -0.4 is 10.6 Å². The fraction of sp³-hybridized carbons (Fsp3) is 0.368. The maximum absolute atomic E-state index is 12.7. The number of nitrogens with one attached hydrogen (secondary N) is 3. The molecule has 0 radical (unpaired) electrons. The lowest BCUT2D eigenvalue weighted by Crippen LogP contribution is -2.48. The summed E-state index contributed by atoms with van der Waals surface area (Å²) in [4.78, 5) is 40.1. The molecule has 3 aromatic rings. The number of hydrogen-bond donors (Lipinski definition) is 3. The van der Waals surface area contributed by atoms with Gasteiger partial charge in [0.25, 0.3) is 5.91 Å². The van der Waals surface area contributed by atoms with Gasteiger partial charge in [0, 0.05) is 25.2 Å². The van der Waals surface area contributed by atoms with Crippen LogP contribution in [-0.4, -0.2) is 57.3 Å². The Morgan fingerprint density at radius 3 is 2.86 bits per heavy atom. The number of thiophene rings is 1. The third-order valence-corrected chi connectivity index (χ3v) is 7.43. The molecule has 5 heterocycles. The second-order valence-corrected chi connectivity index (χ2v) is 9.38. The molecule has 0 aliphatic carbocycles. The summed E-state index contributed by atoms with van der Waals surface area (Å²) in [6, 6.07) is 3.47. The Labute approximate surface area is 175 Å². The lowest BCUT2D eigenvalue weighted by molar-refractivity contribution is -0.117. The van der Waals surface area contributed by atoms with Crippen molar-refractivity contribution in [3.8, 4) is 10.6 Å². The number of hydrogen-bond acceptors (Lipinski definition) is 7. The quantitative estimate of drug-likeness (QED) is 0.579. The molecule has 150 valence electrons. The number of rotatable bonds is 5. The summed E-state index contributed by atoms with van der Waals surface area (Å²) in [6.45, 7) is 2.21. The minimum atomic E-state index is -0.127. The van der Waals surface area contributed by atoms with Crippen LogP contribution in [0.1, 0.15) is 33.4 Å². The third kappa shape index (κ3) is 3.70. The molecule has 0 spiro atoms. The van der Waals surface area contributed by atoms with Gasteiger partial charge in [-0.15, -0.1) is 22.7 Å². The molecule has 5 rings (SSSR count). The number of nitrogens with zero attached hydrogens (tertiary/aromatic N) is 3. The van der Waals surface area contributed by atoms with Gasteiger partial charge in [0.05, 0.1) is 44.0 Å². The fourth-order valence-corrected chi connectivity index (χ4v) is 5.44. The number of carbonyl (C=O) groups excluding carboxylic acids is 2. The number of carbonyl (C=O) groups is 2. The van der Waals surface area contributed by atoms with E-state index in [9.17, 15) is 9.59 Å². The summed E-state index contributed by atoms with van der Waals surface area (Å²) in [5.41, 5.74) is 0.960. The van der Waals surface area contributed by atoms with Crippen LogP contribution in [0.25, 0.3) is 10.6 Å². The Morgan fingerprint density at radius 1 is 1.21 bits per heavy atom. The average molecular weight is 429 g/mol. The van der Waals surface area contributed by atoms with Gasteiger partial charge in [-0.1, -0.05) is 0 Å². The number of aromatic nitrogens is 3. The van der Waals surface area contributed by atoms with Gasteiger partial charge in [0.2, 0.25) is 5.91 Å². The van der Waals surface area contributed by atoms with Gasteiger partial charge in [0.15, 0.2) is 0 Å². The molecule has 0 unspecified atom stereocenters. The number of anilines is 1. The fourth-order valence-electron chi connectivity index (χ4n) is 3.58. The van der Waals surface area contributed by atoms with Gasteiger partial charge in [0.1, 0.15) is 0 Å². The minimum absolute atomic E-state index is 0.0103. The first-order valence-corrected chi connectivity index (χ1v) is 11.2. The van der Waals surface area contributed by atoms with Crippen LogP contribution in [0.4, 0.5) is 5.00 Å². The molecular weight excluding hydrogens is 408 g/mol. The molecule has 3 N–H and O–H groups in total. The molecule has 0 bridgehead atoms. The van der Waals surface area contributed by atoms with Crippen molar-refractivity contribution in [2.75, 3.05) is 25.0 Å². The zero-order valence-corrected chi connectivity index (χ0v) is 17.2. The summed E-state index contributed by atoms with van der Waals surface area (Å²) >= 11 is 2.97. The molecule has 0 aromatic carbocycles. The molecule has 1 atom stereocenters. The zero-order chi connectivity index (χ0) is 19.8. The summed E-state index contributed by atoms with van der Waals surface area (Å²) < 4.78 is 0. The summed E-state index contributed by atoms with van der Waals surface area (Å²) in [5.74, 6) is 0.258. The van der Waals surface area contributed by atoms with E-state index in [1.165, 1.54) is 11.3 Å². The van der Waals surface area contributed by atoms with Gasteiger partial charge in [-0.2, -0.15) is 0 Å². The first-order valence-electron chi connectivity index (χ1n) is 9.55. The summed E-state index contributed by atoms with van der Waals surface area (Å²) in [5, 5.41) is 7.85. The maximum atomic E-state index is 12.7. The first kappa shape index (κ1) is 18.5. The van der Waals surface area contributed by atoms with Crippen LogP contribution in [0.2, 0.25) is 0 Å². The highest BCUT2D eigenvalue weighted by molar-refractivity contribution is 7.18. The first-order chi connectivity index (χ1) is 14.2. The number of aromatic amines is 1. The molecule has 2 amide bonds. The van der Waals surface area contributed by atoms with Gasteiger partial charge in [-0.3, -0.25) is 9.59 Å². The number of H-pyrrole nitrogens is 1. The Kier molecular flexibility index (Phi) is 4.90. The second-order valence-electron chi connectivity index (χ2n) is 7.24. The largest absolute Gasteiger partial charge is 0.344 e. The number of imidazole rings is 1. The van der Waals surface area contributed by atoms with Crippen LogP contribution in [0.15, 0.2) is 30.9 Å². The molecule has 2 fully saturated rings. The SMILES string of the molecule is O=C(Nc1ccc(C(=O)N2CC(c3ncc(-c4cnc[nH]4)s3)C2)s1)[C@@H]1CCCN1. The molecular formula is C19H20N6O2S2. The summed E-state index contributed by atoms with van der Waals surface area (Å²) in [7, 11) is 0. The van der Waals surface area contributed by atoms with Crippen molar-refractivity contribution in [3.05, 3.63) is 40.7 Å². The number of amides is 2. The van der Waals surface area contributed by atoms with Crippen LogP contribution in [0.3, 0.4) is 0 Å². The Hall–Kier alpha value is -2.56. The van der Waals surface area contributed by atoms with E-state index in [0.29, 0.717) is 23.0 Å². The second kappa shape index (κ2) is 7.69. The molecule has 2 aliphatic rings. The molecule has 10 heteroatoms. The van der Waals surface area contributed by atoms with Crippen molar-refractivity contribution < 1.29 is 9.59 Å². The van der Waals surface area contributed by atoms with Crippen LogP contribution in [-0.2, 0) is 4.79 Å². The molecule has 3 aromatic heterocycles. The van der Waals surface area contributed by atoms with Gasteiger partial charge < -0.3 is 20.5 Å². The number of likely N-dealkylation sites (tertiary alicyclic amines) is 1. The molecule has 8 nitrogen and oxygen atoms in total. The van der Waals surface area contributed by atoms with E-state index in [2.05, 4.69) is 25.6 Å². The highest BCUT2D eigenvalue weighted by Crippen LogP contribution is 2.35. The van der Waals surface area contributed by atoms with E-state index in [1.807, 2.05) is 11.1 Å². The van der Waals surface area contributed by atoms with Crippen molar-refractivity contribution >= 4 is 39.5 Å². The minimum Gasteiger partial charge on any atom is -0.344 e. The van der Waals surface area contributed by atoms with Crippen molar-refractivity contribution in [2.24, 2.45) is 0 Å². The summed E-state index contributed by atoms with van der Waals surface area (Å²) in [6.07, 6.45) is 7.16. The van der Waals surface area contributed by atoms with Crippen molar-refractivity contribution in [2.45, 2.75) is 24.8 Å². The highest BCUT2D eigenvalue weighted by Gasteiger charge is 2.35. The van der Waals surface area contributed by atoms with E-state index in [0.717, 1.165) is 35.0 Å². The Balaban J connectivity index is 1.17. The topological polar surface area (TPSA) is 103 Å². The monoisotopic (exact) mass is 428 g/mol. The van der Waals surface area contributed by atoms with Gasteiger partial charge >= 0.3 is 0 Å². The molecule has 29 heavy (non-hydrogen) atoms. The van der Waals surface area contributed by atoms with Crippen molar-refractivity contribution in [3.63, 3.8) is 0 Å². The van der Waals surface area contributed by atoms with Crippen LogP contribution >= 0.6 is 22.7 Å². The predicted octanol–water partition coefficient (Wildman–Crippen LogP) is 2.52. The predicted molar refractivity (Wildman–Crippen MR) is 112 cm³/mol. The average Bonchev–Trinajstić information content (AvgIpc) is 3.47. The highest BCUT2D eigenvalue weighted by atomic mass is 32.1. The Morgan fingerprint density at radius 2 is 2.10 bits per heavy atom.